The summed E-state index contributed by atoms with van der Waals surface area (Å²) in [5, 5.41) is 3.26. The highest BCUT2D eigenvalue weighted by atomic mass is 16.7. The number of hydrogen-bond acceptors (Lipinski definition) is 5. The molecule has 3 aliphatic carbocycles. The number of rotatable bonds is 9. The predicted octanol–water partition coefficient (Wildman–Crippen LogP) is 5.38. The Labute approximate surface area is 223 Å². The number of ether oxygens (including phenoxy) is 1. The van der Waals surface area contributed by atoms with Crippen LogP contribution in [0.4, 0.5) is 0 Å². The van der Waals surface area contributed by atoms with Crippen LogP contribution in [0.5, 0.6) is 0 Å². The normalized spacial score (nSPS) is 29.8. The summed E-state index contributed by atoms with van der Waals surface area (Å²) in [6.45, 7) is 16.7. The van der Waals surface area contributed by atoms with Gasteiger partial charge >= 0.3 is 13.1 Å². The van der Waals surface area contributed by atoms with Gasteiger partial charge in [-0.1, -0.05) is 58.0 Å². The standard InChI is InChI=1S/C30H46BNO5/c1-19(2)14-25(31-36-24-18-22-17-23(29(22,6)7)30(24,8)37-31)32-27(34)21(15-20-12-10-9-11-13-20)16-26(33)35-28(3,4)5/h9-13,19,21-25H,14-18H2,1-8H3,(H,32,34)/t21?,22?,23-,24?,25-,30-/m0/s1. The number of carbonyl (C=O) groups is 2. The van der Waals surface area contributed by atoms with Crippen molar-refractivity contribution in [3.05, 3.63) is 35.9 Å². The maximum Gasteiger partial charge on any atom is 0.481 e. The van der Waals surface area contributed by atoms with Crippen molar-refractivity contribution in [2.45, 2.75) is 111 Å². The topological polar surface area (TPSA) is 73.9 Å². The minimum atomic E-state index is -0.600. The molecule has 0 aromatic heterocycles. The largest absolute Gasteiger partial charge is 0.481 e. The molecule has 0 spiro atoms. The number of nitrogens with one attached hydrogen (secondary N) is 1. The summed E-state index contributed by atoms with van der Waals surface area (Å²) in [5.74, 6) is 0.124. The predicted molar refractivity (Wildman–Crippen MR) is 146 cm³/mol. The molecule has 4 fully saturated rings. The van der Waals surface area contributed by atoms with E-state index in [1.165, 1.54) is 6.42 Å². The molecule has 1 N–H and O–H groups in total. The quantitative estimate of drug-likeness (QED) is 0.356. The first-order chi connectivity index (χ1) is 17.2. The molecule has 0 radical (unpaired) electrons. The molecule has 6 atom stereocenters. The molecule has 3 saturated carbocycles. The van der Waals surface area contributed by atoms with Crippen LogP contribution in [0.15, 0.2) is 30.3 Å². The zero-order valence-corrected chi connectivity index (χ0v) is 24.0. The van der Waals surface area contributed by atoms with Crippen LogP contribution in [0.3, 0.4) is 0 Å². The van der Waals surface area contributed by atoms with E-state index in [1.807, 2.05) is 51.1 Å². The van der Waals surface area contributed by atoms with Crippen LogP contribution in [0.25, 0.3) is 0 Å². The molecule has 5 rings (SSSR count). The third-order valence-electron chi connectivity index (χ3n) is 8.88. The van der Waals surface area contributed by atoms with Gasteiger partial charge in [0.15, 0.2) is 0 Å². The van der Waals surface area contributed by atoms with Crippen molar-refractivity contribution < 1.29 is 23.6 Å². The van der Waals surface area contributed by atoms with E-state index in [9.17, 15) is 9.59 Å². The Morgan fingerprint density at radius 3 is 2.41 bits per heavy atom. The average molecular weight is 512 g/mol. The lowest BCUT2D eigenvalue weighted by atomic mass is 9.43. The monoisotopic (exact) mass is 511 g/mol. The Morgan fingerprint density at radius 1 is 1.14 bits per heavy atom. The van der Waals surface area contributed by atoms with E-state index < -0.39 is 18.6 Å². The van der Waals surface area contributed by atoms with Gasteiger partial charge in [-0.05, 0) is 82.1 Å². The average Bonchev–Trinajstić information content (AvgIpc) is 3.14. The fraction of sp³-hybridized carbons (Fsp3) is 0.733. The molecule has 3 unspecified atom stereocenters. The van der Waals surface area contributed by atoms with Gasteiger partial charge in [-0.15, -0.1) is 0 Å². The van der Waals surface area contributed by atoms with E-state index in [4.69, 9.17) is 14.0 Å². The lowest BCUT2D eigenvalue weighted by Crippen LogP contribution is -2.65. The molecule has 4 aliphatic rings. The Morgan fingerprint density at radius 2 is 1.81 bits per heavy atom. The molecule has 37 heavy (non-hydrogen) atoms. The van der Waals surface area contributed by atoms with Crippen molar-refractivity contribution in [3.8, 4) is 0 Å². The molecule has 1 saturated heterocycles. The summed E-state index contributed by atoms with van der Waals surface area (Å²) in [5.41, 5.74) is 0.342. The van der Waals surface area contributed by atoms with Gasteiger partial charge in [-0.3, -0.25) is 9.59 Å². The van der Waals surface area contributed by atoms with E-state index in [0.29, 0.717) is 24.2 Å². The van der Waals surface area contributed by atoms with Gasteiger partial charge in [0.1, 0.15) is 5.60 Å². The number of hydrogen-bond donors (Lipinski definition) is 1. The van der Waals surface area contributed by atoms with E-state index in [2.05, 4.69) is 39.9 Å². The van der Waals surface area contributed by atoms with Gasteiger partial charge in [0, 0.05) is 0 Å². The molecule has 1 aromatic rings. The summed E-state index contributed by atoms with van der Waals surface area (Å²) in [7, 11) is -0.490. The third kappa shape index (κ3) is 6.09. The number of amides is 1. The van der Waals surface area contributed by atoms with Crippen molar-refractivity contribution in [3.63, 3.8) is 0 Å². The second kappa shape index (κ2) is 10.4. The molecular formula is C30H46BNO5. The summed E-state index contributed by atoms with van der Waals surface area (Å²) in [6.07, 6.45) is 3.48. The highest BCUT2D eigenvalue weighted by molar-refractivity contribution is 6.47. The van der Waals surface area contributed by atoms with E-state index in [0.717, 1.165) is 18.4 Å². The molecule has 1 aromatic carbocycles. The number of carbonyl (C=O) groups excluding carboxylic acids is 2. The van der Waals surface area contributed by atoms with Gasteiger partial charge in [0.25, 0.3) is 0 Å². The lowest BCUT2D eigenvalue weighted by Gasteiger charge is -2.64. The molecule has 6 nitrogen and oxygen atoms in total. The fourth-order valence-electron chi connectivity index (χ4n) is 6.86. The van der Waals surface area contributed by atoms with Crippen LogP contribution in [0.2, 0.25) is 0 Å². The molecule has 1 heterocycles. The summed E-state index contributed by atoms with van der Waals surface area (Å²) in [4.78, 5) is 26.5. The van der Waals surface area contributed by atoms with Crippen molar-refractivity contribution in [2.75, 3.05) is 0 Å². The van der Waals surface area contributed by atoms with Gasteiger partial charge in [0.05, 0.1) is 30.0 Å². The molecule has 2 bridgehead atoms. The van der Waals surface area contributed by atoms with Crippen LogP contribution in [-0.2, 0) is 30.1 Å². The van der Waals surface area contributed by atoms with Crippen LogP contribution in [0.1, 0.15) is 86.6 Å². The van der Waals surface area contributed by atoms with Crippen molar-refractivity contribution in [1.29, 1.82) is 0 Å². The molecule has 1 aliphatic heterocycles. The van der Waals surface area contributed by atoms with Crippen molar-refractivity contribution in [2.24, 2.45) is 29.1 Å². The van der Waals surface area contributed by atoms with Crippen LogP contribution >= 0.6 is 0 Å². The van der Waals surface area contributed by atoms with E-state index in [-0.39, 0.29) is 41.4 Å². The molecular weight excluding hydrogens is 465 g/mol. The highest BCUT2D eigenvalue weighted by Crippen LogP contribution is 2.65. The zero-order valence-electron chi connectivity index (χ0n) is 24.0. The number of esters is 1. The fourth-order valence-corrected chi connectivity index (χ4v) is 6.86. The smallest absolute Gasteiger partial charge is 0.460 e. The first-order valence-corrected chi connectivity index (χ1v) is 14.1. The van der Waals surface area contributed by atoms with Gasteiger partial charge in [-0.2, -0.15) is 0 Å². The Balaban J connectivity index is 1.50. The summed E-state index contributed by atoms with van der Waals surface area (Å²) in [6, 6.07) is 9.84. The molecule has 7 heteroatoms. The second-order valence-corrected chi connectivity index (χ2v) is 13.8. The van der Waals surface area contributed by atoms with E-state index >= 15 is 0 Å². The van der Waals surface area contributed by atoms with Gasteiger partial charge in [-0.25, -0.2) is 0 Å². The third-order valence-corrected chi connectivity index (χ3v) is 8.88. The minimum Gasteiger partial charge on any atom is -0.460 e. The van der Waals surface area contributed by atoms with Gasteiger partial charge < -0.3 is 19.4 Å². The van der Waals surface area contributed by atoms with Crippen LogP contribution in [0, 0.1) is 29.1 Å². The summed E-state index contributed by atoms with van der Waals surface area (Å²) < 4.78 is 18.8. The first kappa shape index (κ1) is 28.2. The molecule has 1 amide bonds. The highest BCUT2D eigenvalue weighted by Gasteiger charge is 2.68. The Bertz CT molecular complexity index is 974. The maximum atomic E-state index is 13.7. The number of benzene rings is 1. The maximum absolute atomic E-state index is 13.7. The van der Waals surface area contributed by atoms with Gasteiger partial charge in [0.2, 0.25) is 5.91 Å². The first-order valence-electron chi connectivity index (χ1n) is 14.1. The molecule has 204 valence electrons. The van der Waals surface area contributed by atoms with Crippen LogP contribution < -0.4 is 5.32 Å². The Kier molecular flexibility index (Phi) is 7.89. The summed E-state index contributed by atoms with van der Waals surface area (Å²) >= 11 is 0. The zero-order chi connectivity index (χ0) is 27.2. The minimum absolute atomic E-state index is 0.0249. The van der Waals surface area contributed by atoms with Crippen molar-refractivity contribution >= 4 is 19.0 Å². The van der Waals surface area contributed by atoms with Crippen LogP contribution in [-0.4, -0.2) is 42.2 Å². The lowest BCUT2D eigenvalue weighted by molar-refractivity contribution is -0.199. The van der Waals surface area contributed by atoms with Crippen molar-refractivity contribution in [1.82, 2.24) is 5.32 Å². The van der Waals surface area contributed by atoms with E-state index in [1.54, 1.807) is 0 Å². The Hall–Kier alpha value is -1.86. The second-order valence-electron chi connectivity index (χ2n) is 13.8. The SMILES string of the molecule is CC(C)C[C@H](NC(=O)C(CC(=O)OC(C)(C)C)Cc1ccccc1)B1OC2CC3C[C@@H](C3(C)C)[C@]2(C)O1.